The number of rotatable bonds is 9. The Labute approximate surface area is 331 Å². The summed E-state index contributed by atoms with van der Waals surface area (Å²) in [4.78, 5) is 4.26. The molecule has 0 bridgehead atoms. The van der Waals surface area contributed by atoms with Gasteiger partial charge in [0, 0.05) is 33.8 Å². The molecule has 0 unspecified atom stereocenters. The van der Waals surface area contributed by atoms with Gasteiger partial charge in [0.05, 0.1) is 19.4 Å². The summed E-state index contributed by atoms with van der Waals surface area (Å²) in [5.74, 6) is 0. The van der Waals surface area contributed by atoms with Gasteiger partial charge in [0.2, 0.25) is 0 Å². The van der Waals surface area contributed by atoms with E-state index in [0.717, 1.165) is 56.0 Å². The second-order valence-electron chi connectivity index (χ2n) is 12.7. The van der Waals surface area contributed by atoms with Crippen LogP contribution in [0.15, 0.2) is 230 Å². The van der Waals surface area contributed by atoms with Crippen molar-refractivity contribution < 1.29 is 13.7 Å². The minimum Gasteiger partial charge on any atom is -0.311 e. The van der Waals surface area contributed by atoms with E-state index in [1.54, 1.807) is 24.3 Å². The number of hydrogen-bond donors (Lipinski definition) is 0. The molecule has 2 nitrogen and oxygen atoms in total. The molecule has 0 saturated carbocycles. The minimum absolute atomic E-state index is 0.154. The minimum atomic E-state index is -0.424. The molecular formula is C52H38N2. The summed E-state index contributed by atoms with van der Waals surface area (Å²) in [6, 6.07) is 52.3. The molecule has 0 heterocycles. The van der Waals surface area contributed by atoms with Gasteiger partial charge in [-0.3, -0.25) is 0 Å². The highest BCUT2D eigenvalue weighted by molar-refractivity contribution is 5.99. The van der Waals surface area contributed by atoms with Crippen molar-refractivity contribution in [1.29, 1.82) is 0 Å². The van der Waals surface area contributed by atoms with Gasteiger partial charge in [0.15, 0.2) is 0 Å². The number of benzene rings is 9. The molecule has 0 N–H and O–H groups in total. The molecule has 0 amide bonds. The molecule has 0 saturated heterocycles. The van der Waals surface area contributed by atoms with Crippen LogP contribution in [-0.4, -0.2) is 0 Å². The molecule has 0 atom stereocenters. The zero-order chi connectivity index (χ0) is 44.8. The SMILES string of the molecule is [2H]c1c([2H])c([2H])c(-c2ccc(N(c3ccccc3)c3ccc(-c4ccc(N(c5ccc(-c6c([2H])c([2H])c([2H])c([2H])c6[2H])cc5)c5cccc6ccccc56)cc4)cc3)cc2)c([2H])c1[2H]. The van der Waals surface area contributed by atoms with Crippen LogP contribution in [-0.2, 0) is 0 Å². The van der Waals surface area contributed by atoms with E-state index in [4.69, 9.17) is 13.7 Å². The first-order valence-corrected chi connectivity index (χ1v) is 17.6. The molecule has 0 aliphatic rings. The van der Waals surface area contributed by atoms with Gasteiger partial charge >= 0.3 is 0 Å². The van der Waals surface area contributed by atoms with Crippen LogP contribution in [0.25, 0.3) is 44.2 Å². The Morgan fingerprint density at radius 3 is 1.13 bits per heavy atom. The van der Waals surface area contributed by atoms with Crippen LogP contribution in [0.1, 0.15) is 13.7 Å². The predicted molar refractivity (Wildman–Crippen MR) is 230 cm³/mol. The summed E-state index contributed by atoms with van der Waals surface area (Å²) in [6.07, 6.45) is 0. The van der Waals surface area contributed by atoms with E-state index < -0.39 is 12.1 Å². The molecule has 9 aromatic rings. The number of hydrogen-bond acceptors (Lipinski definition) is 2. The van der Waals surface area contributed by atoms with Gasteiger partial charge in [-0.25, -0.2) is 0 Å². The maximum absolute atomic E-state index is 8.52. The highest BCUT2D eigenvalue weighted by Crippen LogP contribution is 2.41. The molecular weight excluding hydrogens is 653 g/mol. The predicted octanol–water partition coefficient (Wildman–Crippen LogP) is 14.8. The van der Waals surface area contributed by atoms with Gasteiger partial charge in [0.1, 0.15) is 0 Å². The molecule has 0 spiro atoms. The van der Waals surface area contributed by atoms with Crippen molar-refractivity contribution in [2.75, 3.05) is 9.80 Å². The summed E-state index contributed by atoms with van der Waals surface area (Å²) < 4.78 is 82.7. The van der Waals surface area contributed by atoms with E-state index in [1.807, 2.05) is 72.8 Å². The van der Waals surface area contributed by atoms with Crippen molar-refractivity contribution in [3.8, 4) is 33.4 Å². The molecule has 0 aliphatic carbocycles. The molecule has 0 radical (unpaired) electrons. The van der Waals surface area contributed by atoms with Crippen molar-refractivity contribution in [2.24, 2.45) is 0 Å². The third-order valence-corrected chi connectivity index (χ3v) is 9.43. The van der Waals surface area contributed by atoms with Gasteiger partial charge in [-0.1, -0.05) is 164 Å². The van der Waals surface area contributed by atoms with Crippen molar-refractivity contribution in [3.05, 3.63) is 230 Å². The quantitative estimate of drug-likeness (QED) is 0.148. The first kappa shape index (κ1) is 23.4. The van der Waals surface area contributed by atoms with E-state index >= 15 is 0 Å². The van der Waals surface area contributed by atoms with Crippen molar-refractivity contribution in [3.63, 3.8) is 0 Å². The Hall–Kier alpha value is -7.16. The Morgan fingerprint density at radius 2 is 0.648 bits per heavy atom. The smallest absolute Gasteiger partial charge is 0.0629 e. The van der Waals surface area contributed by atoms with Gasteiger partial charge < -0.3 is 9.80 Å². The summed E-state index contributed by atoms with van der Waals surface area (Å²) in [6.45, 7) is 0. The highest BCUT2D eigenvalue weighted by atomic mass is 15.1. The van der Waals surface area contributed by atoms with Gasteiger partial charge in [-0.05, 0) is 105 Å². The topological polar surface area (TPSA) is 6.48 Å². The first-order chi connectivity index (χ1) is 30.9. The molecule has 2 heteroatoms. The summed E-state index contributed by atoms with van der Waals surface area (Å²) >= 11 is 0. The summed E-state index contributed by atoms with van der Waals surface area (Å²) in [7, 11) is 0. The maximum Gasteiger partial charge on any atom is 0.0629 e. The molecule has 9 rings (SSSR count). The highest BCUT2D eigenvalue weighted by Gasteiger charge is 2.17. The summed E-state index contributed by atoms with van der Waals surface area (Å²) in [5.41, 5.74) is 8.68. The fourth-order valence-electron chi connectivity index (χ4n) is 6.80. The molecule has 0 aliphatic heterocycles. The van der Waals surface area contributed by atoms with Crippen LogP contribution in [0.3, 0.4) is 0 Å². The van der Waals surface area contributed by atoms with Crippen LogP contribution in [0.2, 0.25) is 0 Å². The molecule has 256 valence electrons. The average molecular weight is 701 g/mol. The molecule has 0 aromatic heterocycles. The first-order valence-electron chi connectivity index (χ1n) is 22.6. The average Bonchev–Trinajstić information content (AvgIpc) is 3.33. The van der Waals surface area contributed by atoms with Gasteiger partial charge in [-0.2, -0.15) is 0 Å². The van der Waals surface area contributed by atoms with Crippen molar-refractivity contribution >= 4 is 44.9 Å². The van der Waals surface area contributed by atoms with Crippen LogP contribution >= 0.6 is 0 Å². The second-order valence-corrected chi connectivity index (χ2v) is 12.7. The monoisotopic (exact) mass is 700 g/mol. The lowest BCUT2D eigenvalue weighted by molar-refractivity contribution is 1.28. The maximum atomic E-state index is 8.52. The van der Waals surface area contributed by atoms with Crippen LogP contribution in [0, 0.1) is 0 Å². The van der Waals surface area contributed by atoms with E-state index in [2.05, 4.69) is 82.6 Å². The second kappa shape index (κ2) is 14.8. The van der Waals surface area contributed by atoms with Crippen LogP contribution in [0.5, 0.6) is 0 Å². The van der Waals surface area contributed by atoms with E-state index in [0.29, 0.717) is 11.1 Å². The van der Waals surface area contributed by atoms with Crippen LogP contribution < -0.4 is 9.80 Å². The lowest BCUT2D eigenvalue weighted by Crippen LogP contribution is -2.10. The Morgan fingerprint density at radius 1 is 0.278 bits per heavy atom. The standard InChI is InChI=1S/C52H38N2/c1-4-13-39(14-5-1)41-23-31-47(32-24-41)53(46-19-8-3-9-20-46)48-33-25-43(26-34-48)44-29-37-50(38-30-44)54(52-22-12-18-45-17-10-11-21-51(45)52)49-35-27-42(28-36-49)40-15-6-2-7-16-40/h1-38H/i1D,2D,4D,5D,6D,7D,13D,14D,15D,16D. The molecule has 54 heavy (non-hydrogen) atoms. The largest absolute Gasteiger partial charge is 0.311 e. The number of fused-ring (bicyclic) bond motifs is 1. The molecule has 9 aromatic carbocycles. The molecule has 0 fully saturated rings. The van der Waals surface area contributed by atoms with E-state index in [1.165, 1.54) is 0 Å². The zero-order valence-corrected chi connectivity index (χ0v) is 29.1. The Kier molecular flexibility index (Phi) is 6.43. The van der Waals surface area contributed by atoms with Gasteiger partial charge in [0.25, 0.3) is 0 Å². The number of para-hydroxylation sites is 1. The number of anilines is 6. The van der Waals surface area contributed by atoms with Gasteiger partial charge in [-0.15, -0.1) is 0 Å². The van der Waals surface area contributed by atoms with Crippen LogP contribution in [0.4, 0.5) is 34.1 Å². The number of nitrogens with zero attached hydrogens (tertiary/aromatic N) is 2. The van der Waals surface area contributed by atoms with E-state index in [-0.39, 0.29) is 59.5 Å². The van der Waals surface area contributed by atoms with Crippen molar-refractivity contribution in [2.45, 2.75) is 0 Å². The Bertz CT molecular complexity index is 3130. The zero-order valence-electron chi connectivity index (χ0n) is 39.1. The third-order valence-electron chi connectivity index (χ3n) is 9.43. The van der Waals surface area contributed by atoms with E-state index in [9.17, 15) is 0 Å². The summed E-state index contributed by atoms with van der Waals surface area (Å²) in [5, 5.41) is 2.12. The Balaban J connectivity index is 1.05. The lowest BCUT2D eigenvalue weighted by atomic mass is 10.0. The normalized spacial score (nSPS) is 13.6. The third kappa shape index (κ3) is 6.65. The van der Waals surface area contributed by atoms with Crippen molar-refractivity contribution in [1.82, 2.24) is 0 Å². The fourth-order valence-corrected chi connectivity index (χ4v) is 6.80. The lowest BCUT2D eigenvalue weighted by Gasteiger charge is -2.27. The fraction of sp³-hybridized carbons (Fsp3) is 0.